The Morgan fingerprint density at radius 1 is 1.07 bits per heavy atom. The molecule has 1 aliphatic rings. The van der Waals surface area contributed by atoms with Crippen LogP contribution in [0.2, 0.25) is 0 Å². The Labute approximate surface area is 170 Å². The predicted molar refractivity (Wildman–Crippen MR) is 117 cm³/mol. The summed E-state index contributed by atoms with van der Waals surface area (Å²) in [5, 5.41) is 4.11. The van der Waals surface area contributed by atoms with Crippen molar-refractivity contribution in [1.82, 2.24) is 9.88 Å². The summed E-state index contributed by atoms with van der Waals surface area (Å²) in [6, 6.07) is 16.4. The molecule has 1 aromatic heterocycles. The first-order valence-corrected chi connectivity index (χ1v) is 10.7. The number of aromatic nitrogens is 1. The number of likely N-dealkylation sites (N-methyl/N-ethyl adjacent to an activating group) is 1. The molecule has 1 fully saturated rings. The Morgan fingerprint density at radius 3 is 2.57 bits per heavy atom. The number of thiazole rings is 1. The molecule has 2 aromatic carbocycles. The number of carbonyl (C=O) groups excluding carboxylic acids is 1. The van der Waals surface area contributed by atoms with Crippen LogP contribution in [0.5, 0.6) is 0 Å². The van der Waals surface area contributed by atoms with E-state index in [4.69, 9.17) is 0 Å². The van der Waals surface area contributed by atoms with E-state index < -0.39 is 0 Å². The first-order chi connectivity index (χ1) is 13.7. The zero-order valence-corrected chi connectivity index (χ0v) is 17.0. The number of para-hydroxylation sites is 1. The molecule has 5 nitrogen and oxygen atoms in total. The van der Waals surface area contributed by atoms with Gasteiger partial charge in [-0.05, 0) is 56.3 Å². The third-order valence-electron chi connectivity index (χ3n) is 5.15. The zero-order chi connectivity index (χ0) is 19.3. The predicted octanol–water partition coefficient (Wildman–Crippen LogP) is 4.01. The second-order valence-electron chi connectivity index (χ2n) is 7.31. The number of nitrogens with zero attached hydrogens (tertiary/aromatic N) is 3. The third-order valence-corrected chi connectivity index (χ3v) is 6.25. The van der Waals surface area contributed by atoms with Crippen molar-refractivity contribution in [3.63, 3.8) is 0 Å². The number of fused-ring (bicyclic) bond motifs is 1. The fourth-order valence-corrected chi connectivity index (χ4v) is 4.48. The van der Waals surface area contributed by atoms with E-state index in [1.807, 2.05) is 30.3 Å². The number of anilines is 2. The third kappa shape index (κ3) is 4.69. The van der Waals surface area contributed by atoms with E-state index in [-0.39, 0.29) is 5.91 Å². The average Bonchev–Trinajstić information content (AvgIpc) is 3.12. The summed E-state index contributed by atoms with van der Waals surface area (Å²) in [4.78, 5) is 21.6. The molecule has 28 heavy (non-hydrogen) atoms. The minimum absolute atomic E-state index is 0.0634. The lowest BCUT2D eigenvalue weighted by atomic mass is 10.2. The van der Waals surface area contributed by atoms with Gasteiger partial charge in [-0.1, -0.05) is 12.1 Å². The first kappa shape index (κ1) is 18.9. The average molecular weight is 395 g/mol. The van der Waals surface area contributed by atoms with E-state index in [9.17, 15) is 4.79 Å². The molecule has 0 atom stereocenters. The topological polar surface area (TPSA) is 48.5 Å². The van der Waals surface area contributed by atoms with Gasteiger partial charge in [0.25, 0.3) is 0 Å². The standard InChI is InChI=1S/C22H26N4OS/c1-25-13-15-26(16-14-25)18-11-9-17(10-12-18)23-21(27)7-4-8-22-24-19-5-2-3-6-20(19)28-22/h2-3,5-6,9-12H,4,7-8,13-16H2,1H3,(H,23,27). The van der Waals surface area contributed by atoms with E-state index >= 15 is 0 Å². The number of carbonyl (C=O) groups is 1. The molecule has 146 valence electrons. The fourth-order valence-electron chi connectivity index (χ4n) is 3.47. The number of piperazine rings is 1. The highest BCUT2D eigenvalue weighted by Crippen LogP contribution is 2.23. The molecule has 0 spiro atoms. The number of rotatable bonds is 6. The van der Waals surface area contributed by atoms with E-state index in [1.165, 1.54) is 10.4 Å². The summed E-state index contributed by atoms with van der Waals surface area (Å²) in [6.45, 7) is 4.28. The van der Waals surface area contributed by atoms with Gasteiger partial charge in [-0.3, -0.25) is 4.79 Å². The minimum Gasteiger partial charge on any atom is -0.369 e. The van der Waals surface area contributed by atoms with Crippen LogP contribution in [0.4, 0.5) is 11.4 Å². The van der Waals surface area contributed by atoms with Crippen LogP contribution < -0.4 is 10.2 Å². The van der Waals surface area contributed by atoms with E-state index in [2.05, 4.69) is 45.3 Å². The van der Waals surface area contributed by atoms with Crippen molar-refractivity contribution in [2.75, 3.05) is 43.4 Å². The number of hydrogen-bond acceptors (Lipinski definition) is 5. The van der Waals surface area contributed by atoms with Crippen LogP contribution in [0.15, 0.2) is 48.5 Å². The van der Waals surface area contributed by atoms with Gasteiger partial charge < -0.3 is 15.1 Å². The van der Waals surface area contributed by atoms with E-state index in [1.54, 1.807) is 11.3 Å². The normalized spacial score (nSPS) is 15.1. The Hall–Kier alpha value is -2.44. The quantitative estimate of drug-likeness (QED) is 0.686. The second-order valence-corrected chi connectivity index (χ2v) is 8.43. The van der Waals surface area contributed by atoms with Crippen molar-refractivity contribution in [2.24, 2.45) is 0 Å². The summed E-state index contributed by atoms with van der Waals surface area (Å²) >= 11 is 1.72. The zero-order valence-electron chi connectivity index (χ0n) is 16.2. The maximum atomic E-state index is 12.3. The summed E-state index contributed by atoms with van der Waals surface area (Å²) in [5.74, 6) is 0.0634. The highest BCUT2D eigenvalue weighted by atomic mass is 32.1. The van der Waals surface area contributed by atoms with Crippen LogP contribution in [0.1, 0.15) is 17.8 Å². The van der Waals surface area contributed by atoms with Gasteiger partial charge in [0, 0.05) is 44.0 Å². The summed E-state index contributed by atoms with van der Waals surface area (Å²) in [5.41, 5.74) is 3.14. The van der Waals surface area contributed by atoms with Gasteiger partial charge in [0.05, 0.1) is 15.2 Å². The highest BCUT2D eigenvalue weighted by Gasteiger charge is 2.14. The first-order valence-electron chi connectivity index (χ1n) is 9.85. The molecular weight excluding hydrogens is 368 g/mol. The second kappa shape index (κ2) is 8.71. The van der Waals surface area contributed by atoms with E-state index in [0.29, 0.717) is 6.42 Å². The van der Waals surface area contributed by atoms with Gasteiger partial charge in [0.15, 0.2) is 0 Å². The van der Waals surface area contributed by atoms with Gasteiger partial charge in [-0.15, -0.1) is 11.3 Å². The molecule has 0 bridgehead atoms. The molecule has 6 heteroatoms. The van der Waals surface area contributed by atoms with Crippen LogP contribution in [0.3, 0.4) is 0 Å². The number of hydrogen-bond donors (Lipinski definition) is 1. The summed E-state index contributed by atoms with van der Waals surface area (Å²) in [6.07, 6.45) is 2.16. The maximum absolute atomic E-state index is 12.3. The molecule has 0 unspecified atom stereocenters. The number of nitrogens with one attached hydrogen (secondary N) is 1. The van der Waals surface area contributed by atoms with Crippen molar-refractivity contribution < 1.29 is 4.79 Å². The van der Waals surface area contributed by atoms with Crippen molar-refractivity contribution in [2.45, 2.75) is 19.3 Å². The molecule has 1 N–H and O–H groups in total. The van der Waals surface area contributed by atoms with Crippen molar-refractivity contribution in [3.05, 3.63) is 53.5 Å². The number of benzene rings is 2. The molecule has 1 saturated heterocycles. The van der Waals surface area contributed by atoms with Gasteiger partial charge in [-0.25, -0.2) is 4.98 Å². The lowest BCUT2D eigenvalue weighted by Gasteiger charge is -2.34. The summed E-state index contributed by atoms with van der Waals surface area (Å²) in [7, 11) is 2.16. The number of aryl methyl sites for hydroxylation is 1. The molecule has 1 amide bonds. The monoisotopic (exact) mass is 394 g/mol. The Morgan fingerprint density at radius 2 is 1.82 bits per heavy atom. The minimum atomic E-state index is 0.0634. The van der Waals surface area contributed by atoms with Crippen LogP contribution >= 0.6 is 11.3 Å². The van der Waals surface area contributed by atoms with Gasteiger partial charge in [-0.2, -0.15) is 0 Å². The highest BCUT2D eigenvalue weighted by molar-refractivity contribution is 7.18. The van der Waals surface area contributed by atoms with Crippen molar-refractivity contribution >= 4 is 38.8 Å². The smallest absolute Gasteiger partial charge is 0.224 e. The van der Waals surface area contributed by atoms with Crippen molar-refractivity contribution in [3.8, 4) is 0 Å². The SMILES string of the molecule is CN1CCN(c2ccc(NC(=O)CCCc3nc4ccccc4s3)cc2)CC1. The molecular formula is C22H26N4OS. The molecule has 4 rings (SSSR count). The molecule has 0 saturated carbocycles. The molecule has 0 radical (unpaired) electrons. The lowest BCUT2D eigenvalue weighted by Crippen LogP contribution is -2.44. The molecule has 2 heterocycles. The molecule has 0 aliphatic carbocycles. The van der Waals surface area contributed by atoms with Crippen LogP contribution in [-0.2, 0) is 11.2 Å². The number of amides is 1. The van der Waals surface area contributed by atoms with Gasteiger partial charge in [0.2, 0.25) is 5.91 Å². The van der Waals surface area contributed by atoms with Crippen LogP contribution in [0, 0.1) is 0 Å². The van der Waals surface area contributed by atoms with Crippen LogP contribution in [-0.4, -0.2) is 49.0 Å². The van der Waals surface area contributed by atoms with Gasteiger partial charge >= 0.3 is 0 Å². The Kier molecular flexibility index (Phi) is 5.88. The van der Waals surface area contributed by atoms with Gasteiger partial charge in [0.1, 0.15) is 0 Å². The molecule has 3 aromatic rings. The van der Waals surface area contributed by atoms with Crippen LogP contribution in [0.25, 0.3) is 10.2 Å². The van der Waals surface area contributed by atoms with E-state index in [0.717, 1.165) is 55.2 Å². The summed E-state index contributed by atoms with van der Waals surface area (Å²) < 4.78 is 1.21. The Balaban J connectivity index is 1.24. The fraction of sp³-hybridized carbons (Fsp3) is 0.364. The molecule has 1 aliphatic heterocycles. The van der Waals surface area contributed by atoms with Crippen molar-refractivity contribution in [1.29, 1.82) is 0 Å². The lowest BCUT2D eigenvalue weighted by molar-refractivity contribution is -0.116. The maximum Gasteiger partial charge on any atom is 0.224 e. The Bertz CT molecular complexity index is 896. The largest absolute Gasteiger partial charge is 0.369 e.